The summed E-state index contributed by atoms with van der Waals surface area (Å²) < 4.78 is 1.18. The van der Waals surface area contributed by atoms with Crippen LogP contribution in [0.1, 0.15) is 27.1 Å². The van der Waals surface area contributed by atoms with Crippen LogP contribution in [0.2, 0.25) is 0 Å². The molecule has 4 nitrogen and oxygen atoms in total. The van der Waals surface area contributed by atoms with E-state index in [2.05, 4.69) is 67.5 Å². The van der Waals surface area contributed by atoms with Gasteiger partial charge in [-0.3, -0.25) is 4.79 Å². The van der Waals surface area contributed by atoms with E-state index >= 15 is 0 Å². The Bertz CT molecular complexity index is 1250. The molecule has 3 heterocycles. The van der Waals surface area contributed by atoms with Crippen molar-refractivity contribution < 1.29 is 4.79 Å². The molecule has 1 amide bonds. The SMILES string of the molecule is Cc1ccc(CC(=O)Nc2sc3c(c2-c2nc4ccccc4s2)CCN(C)C3)c(C)c1. The van der Waals surface area contributed by atoms with E-state index in [9.17, 15) is 4.79 Å². The van der Waals surface area contributed by atoms with E-state index in [-0.39, 0.29) is 5.91 Å². The first-order chi connectivity index (χ1) is 15.0. The molecule has 0 radical (unpaired) electrons. The van der Waals surface area contributed by atoms with Gasteiger partial charge in [0.1, 0.15) is 10.0 Å². The molecule has 0 atom stereocenters. The highest BCUT2D eigenvalue weighted by molar-refractivity contribution is 7.22. The molecule has 0 aliphatic carbocycles. The number of nitrogens with zero attached hydrogens (tertiary/aromatic N) is 2. The third-order valence-corrected chi connectivity index (χ3v) is 8.04. The zero-order valence-corrected chi connectivity index (χ0v) is 19.6. The fraction of sp³-hybridized carbons (Fsp3) is 0.280. The Morgan fingerprint density at radius 3 is 2.81 bits per heavy atom. The number of para-hydroxylation sites is 1. The Morgan fingerprint density at radius 1 is 1.16 bits per heavy atom. The van der Waals surface area contributed by atoms with E-state index in [1.807, 2.05) is 6.07 Å². The molecule has 4 aromatic rings. The number of thiazole rings is 1. The number of fused-ring (bicyclic) bond motifs is 2. The van der Waals surface area contributed by atoms with Crippen LogP contribution in [0.4, 0.5) is 5.00 Å². The van der Waals surface area contributed by atoms with Gasteiger partial charge in [-0.1, -0.05) is 35.9 Å². The van der Waals surface area contributed by atoms with Crippen molar-refractivity contribution in [3.8, 4) is 10.6 Å². The molecular formula is C25H25N3OS2. The third-order valence-electron chi connectivity index (χ3n) is 5.86. The average molecular weight is 448 g/mol. The summed E-state index contributed by atoms with van der Waals surface area (Å²) in [5.74, 6) is 0.0289. The van der Waals surface area contributed by atoms with Gasteiger partial charge in [0.2, 0.25) is 5.91 Å². The van der Waals surface area contributed by atoms with E-state index in [4.69, 9.17) is 4.98 Å². The van der Waals surface area contributed by atoms with Gasteiger partial charge in [-0.25, -0.2) is 4.98 Å². The quantitative estimate of drug-likeness (QED) is 0.429. The second-order valence-electron chi connectivity index (χ2n) is 8.34. The van der Waals surface area contributed by atoms with E-state index in [0.717, 1.165) is 51.7 Å². The standard InChI is InChI=1S/C25H25N3OS2/c1-15-8-9-17(16(2)12-15)13-22(29)27-25-23(18-10-11-28(3)14-21(18)31-25)24-26-19-6-4-5-7-20(19)30-24/h4-9,12H,10-11,13-14H2,1-3H3,(H,27,29). The van der Waals surface area contributed by atoms with Gasteiger partial charge in [-0.2, -0.15) is 0 Å². The van der Waals surface area contributed by atoms with Crippen molar-refractivity contribution in [3.63, 3.8) is 0 Å². The van der Waals surface area contributed by atoms with Crippen LogP contribution in [-0.4, -0.2) is 29.4 Å². The van der Waals surface area contributed by atoms with Gasteiger partial charge in [0, 0.05) is 23.5 Å². The largest absolute Gasteiger partial charge is 0.317 e. The minimum atomic E-state index is 0.0289. The van der Waals surface area contributed by atoms with Gasteiger partial charge in [-0.15, -0.1) is 22.7 Å². The molecule has 0 saturated heterocycles. The predicted molar refractivity (Wildman–Crippen MR) is 131 cm³/mol. The molecule has 6 heteroatoms. The van der Waals surface area contributed by atoms with Crippen LogP contribution in [0.25, 0.3) is 20.8 Å². The normalized spacial score (nSPS) is 14.0. The zero-order chi connectivity index (χ0) is 21.5. The van der Waals surface area contributed by atoms with Crippen molar-refractivity contribution in [2.24, 2.45) is 0 Å². The van der Waals surface area contributed by atoms with Crippen molar-refractivity contribution in [1.82, 2.24) is 9.88 Å². The number of rotatable bonds is 4. The highest BCUT2D eigenvalue weighted by Crippen LogP contribution is 2.45. The average Bonchev–Trinajstić information content (AvgIpc) is 3.30. The van der Waals surface area contributed by atoms with Gasteiger partial charge in [0.25, 0.3) is 0 Å². The summed E-state index contributed by atoms with van der Waals surface area (Å²) in [5, 5.41) is 5.19. The Balaban J connectivity index is 1.51. The van der Waals surface area contributed by atoms with E-state index in [0.29, 0.717) is 6.42 Å². The number of amides is 1. The predicted octanol–water partition coefficient (Wildman–Crippen LogP) is 5.81. The lowest BCUT2D eigenvalue weighted by Gasteiger charge is -2.22. The fourth-order valence-corrected chi connectivity index (χ4v) is 6.67. The van der Waals surface area contributed by atoms with Crippen LogP contribution in [-0.2, 0) is 24.2 Å². The topological polar surface area (TPSA) is 45.2 Å². The summed E-state index contributed by atoms with van der Waals surface area (Å²) in [6.45, 7) is 6.10. The molecule has 31 heavy (non-hydrogen) atoms. The minimum absolute atomic E-state index is 0.0289. The maximum absolute atomic E-state index is 13.0. The Morgan fingerprint density at radius 2 is 2.00 bits per heavy atom. The highest BCUT2D eigenvalue weighted by atomic mass is 32.1. The number of carbonyl (C=O) groups is 1. The van der Waals surface area contributed by atoms with Crippen LogP contribution in [0, 0.1) is 13.8 Å². The van der Waals surface area contributed by atoms with Crippen LogP contribution >= 0.6 is 22.7 Å². The highest BCUT2D eigenvalue weighted by Gasteiger charge is 2.26. The lowest BCUT2D eigenvalue weighted by atomic mass is 10.0. The van der Waals surface area contributed by atoms with Crippen molar-refractivity contribution in [1.29, 1.82) is 0 Å². The molecular weight excluding hydrogens is 422 g/mol. The lowest BCUT2D eigenvalue weighted by Crippen LogP contribution is -2.25. The molecule has 1 N–H and O–H groups in total. The van der Waals surface area contributed by atoms with Gasteiger partial charge in [0.05, 0.1) is 16.6 Å². The number of aromatic nitrogens is 1. The van der Waals surface area contributed by atoms with E-state index < -0.39 is 0 Å². The maximum Gasteiger partial charge on any atom is 0.229 e. The molecule has 158 valence electrons. The molecule has 0 spiro atoms. The molecule has 1 aliphatic rings. The smallest absolute Gasteiger partial charge is 0.229 e. The molecule has 1 aliphatic heterocycles. The Hall–Kier alpha value is -2.54. The fourth-order valence-electron chi connectivity index (χ4n) is 4.21. The second kappa shape index (κ2) is 8.19. The van der Waals surface area contributed by atoms with Gasteiger partial charge < -0.3 is 10.2 Å². The monoisotopic (exact) mass is 447 g/mol. The Labute approximate surface area is 190 Å². The number of likely N-dealkylation sites (N-methyl/N-ethyl adjacent to an activating group) is 1. The summed E-state index contributed by atoms with van der Waals surface area (Å²) in [5.41, 5.74) is 6.95. The number of benzene rings is 2. The number of nitrogens with one attached hydrogen (secondary N) is 1. The summed E-state index contributed by atoms with van der Waals surface area (Å²) in [6, 6.07) is 14.5. The molecule has 0 saturated carbocycles. The van der Waals surface area contributed by atoms with Crippen molar-refractivity contribution in [2.75, 3.05) is 18.9 Å². The Kier molecular flexibility index (Phi) is 5.38. The summed E-state index contributed by atoms with van der Waals surface area (Å²) in [6.07, 6.45) is 1.37. The van der Waals surface area contributed by atoms with Crippen molar-refractivity contribution >= 4 is 43.8 Å². The number of anilines is 1. The van der Waals surface area contributed by atoms with E-state index in [1.165, 1.54) is 20.7 Å². The molecule has 0 fully saturated rings. The van der Waals surface area contributed by atoms with Crippen molar-refractivity contribution in [3.05, 3.63) is 69.6 Å². The number of thiophene rings is 1. The van der Waals surface area contributed by atoms with Crippen LogP contribution in [0.5, 0.6) is 0 Å². The van der Waals surface area contributed by atoms with Gasteiger partial charge >= 0.3 is 0 Å². The third kappa shape index (κ3) is 4.03. The summed E-state index contributed by atoms with van der Waals surface area (Å²) >= 11 is 3.42. The number of aryl methyl sites for hydroxylation is 2. The van der Waals surface area contributed by atoms with Gasteiger partial charge in [-0.05, 0) is 56.1 Å². The first-order valence-electron chi connectivity index (χ1n) is 10.5. The van der Waals surface area contributed by atoms with E-state index in [1.54, 1.807) is 22.7 Å². The molecule has 5 rings (SSSR count). The molecule has 2 aromatic heterocycles. The van der Waals surface area contributed by atoms with Gasteiger partial charge in [0.15, 0.2) is 0 Å². The van der Waals surface area contributed by atoms with Crippen molar-refractivity contribution in [2.45, 2.75) is 33.2 Å². The summed E-state index contributed by atoms with van der Waals surface area (Å²) in [7, 11) is 2.15. The molecule has 0 bridgehead atoms. The van der Waals surface area contributed by atoms with Crippen LogP contribution in [0.3, 0.4) is 0 Å². The lowest BCUT2D eigenvalue weighted by molar-refractivity contribution is -0.115. The van der Waals surface area contributed by atoms with Crippen LogP contribution < -0.4 is 5.32 Å². The number of hydrogen-bond donors (Lipinski definition) is 1. The number of hydrogen-bond acceptors (Lipinski definition) is 5. The molecule has 2 aromatic carbocycles. The van der Waals surface area contributed by atoms with Crippen LogP contribution in [0.15, 0.2) is 42.5 Å². The second-order valence-corrected chi connectivity index (χ2v) is 10.5. The first-order valence-corrected chi connectivity index (χ1v) is 12.2. The minimum Gasteiger partial charge on any atom is -0.317 e. The number of carbonyl (C=O) groups excluding carboxylic acids is 1. The summed E-state index contributed by atoms with van der Waals surface area (Å²) in [4.78, 5) is 21.6. The first kappa shape index (κ1) is 20.4. The maximum atomic E-state index is 13.0. The molecule has 0 unspecified atom stereocenters. The zero-order valence-electron chi connectivity index (χ0n) is 18.0.